The van der Waals surface area contributed by atoms with Crippen LogP contribution in [-0.4, -0.2) is 37.2 Å². The van der Waals surface area contributed by atoms with Crippen LogP contribution < -0.4 is 9.47 Å². The third-order valence-corrected chi connectivity index (χ3v) is 4.73. The van der Waals surface area contributed by atoms with Gasteiger partial charge in [-0.05, 0) is 36.8 Å². The van der Waals surface area contributed by atoms with Gasteiger partial charge in [0.2, 0.25) is 0 Å². The molecule has 3 aromatic rings. The van der Waals surface area contributed by atoms with E-state index in [0.29, 0.717) is 47.1 Å². The number of para-hydroxylation sites is 1. The Kier molecular flexibility index (Phi) is 5.03. The minimum absolute atomic E-state index is 0.163. The largest absolute Gasteiger partial charge is 0.486 e. The van der Waals surface area contributed by atoms with Gasteiger partial charge in [-0.2, -0.15) is 0 Å². The van der Waals surface area contributed by atoms with E-state index >= 15 is 0 Å². The number of carbonyl (C=O) groups excluding carboxylic acids is 2. The molecule has 0 radical (unpaired) electrons. The van der Waals surface area contributed by atoms with Gasteiger partial charge in [0.05, 0.1) is 29.4 Å². The number of hydrogen-bond donors (Lipinski definition) is 0. The highest BCUT2D eigenvalue weighted by atomic mass is 16.6. The van der Waals surface area contributed by atoms with E-state index < -0.39 is 11.9 Å². The summed E-state index contributed by atoms with van der Waals surface area (Å²) in [5.74, 6) is 0.0183. The lowest BCUT2D eigenvalue weighted by molar-refractivity contribution is 0.0454. The Bertz CT molecular complexity index is 1110. The SMILES string of the molecule is COC(=O)c1c(COC(=O)c2ccc3c(c2)OCCO3)nc2ccccc2c1C. The number of hydrogen-bond acceptors (Lipinski definition) is 7. The summed E-state index contributed by atoms with van der Waals surface area (Å²) in [4.78, 5) is 29.4. The zero-order valence-electron chi connectivity index (χ0n) is 16.1. The van der Waals surface area contributed by atoms with Crippen LogP contribution in [0.1, 0.15) is 32.0 Å². The topological polar surface area (TPSA) is 84.0 Å². The molecule has 2 heterocycles. The van der Waals surface area contributed by atoms with Crippen molar-refractivity contribution in [3.05, 3.63) is 64.8 Å². The quantitative estimate of drug-likeness (QED) is 0.628. The first kappa shape index (κ1) is 18.7. The second kappa shape index (κ2) is 7.79. The number of carbonyl (C=O) groups is 2. The molecule has 0 fully saturated rings. The summed E-state index contributed by atoms with van der Waals surface area (Å²) in [6.07, 6.45) is 0. The number of methoxy groups -OCH3 is 1. The van der Waals surface area contributed by atoms with E-state index in [2.05, 4.69) is 4.98 Å². The molecule has 148 valence electrons. The fraction of sp³-hybridized carbons (Fsp3) is 0.227. The van der Waals surface area contributed by atoms with E-state index in [4.69, 9.17) is 18.9 Å². The van der Waals surface area contributed by atoms with E-state index in [9.17, 15) is 9.59 Å². The molecule has 1 aliphatic heterocycles. The fourth-order valence-electron chi connectivity index (χ4n) is 3.31. The molecule has 0 bridgehead atoms. The number of esters is 2. The molecule has 0 saturated carbocycles. The molecule has 2 aromatic carbocycles. The first-order valence-electron chi connectivity index (χ1n) is 9.12. The maximum atomic E-state index is 12.5. The lowest BCUT2D eigenvalue weighted by Crippen LogP contribution is -2.16. The van der Waals surface area contributed by atoms with Crippen LogP contribution in [-0.2, 0) is 16.1 Å². The lowest BCUT2D eigenvalue weighted by Gasteiger charge is -2.18. The highest BCUT2D eigenvalue weighted by Gasteiger charge is 2.21. The maximum absolute atomic E-state index is 12.5. The Hall–Kier alpha value is -3.61. The number of benzene rings is 2. The van der Waals surface area contributed by atoms with Crippen molar-refractivity contribution in [2.24, 2.45) is 0 Å². The predicted octanol–water partition coefficient (Wildman–Crippen LogP) is 3.46. The molecule has 4 rings (SSSR count). The van der Waals surface area contributed by atoms with Gasteiger partial charge in [0, 0.05) is 5.39 Å². The summed E-state index contributed by atoms with van der Waals surface area (Å²) < 4.78 is 21.3. The maximum Gasteiger partial charge on any atom is 0.340 e. The Morgan fingerprint density at radius 1 is 1.03 bits per heavy atom. The first-order chi connectivity index (χ1) is 14.1. The number of aryl methyl sites for hydroxylation is 1. The van der Waals surface area contributed by atoms with E-state index in [-0.39, 0.29) is 6.61 Å². The molecule has 0 saturated heterocycles. The molecule has 0 spiro atoms. The molecular formula is C22H19NO6. The zero-order chi connectivity index (χ0) is 20.4. The van der Waals surface area contributed by atoms with Crippen LogP contribution in [0.4, 0.5) is 0 Å². The van der Waals surface area contributed by atoms with Crippen molar-refractivity contribution in [1.82, 2.24) is 4.98 Å². The van der Waals surface area contributed by atoms with Crippen LogP contribution in [0.3, 0.4) is 0 Å². The Labute approximate surface area is 167 Å². The molecule has 0 N–H and O–H groups in total. The summed E-state index contributed by atoms with van der Waals surface area (Å²) >= 11 is 0. The summed E-state index contributed by atoms with van der Waals surface area (Å²) in [7, 11) is 1.31. The van der Waals surface area contributed by atoms with E-state index in [1.165, 1.54) is 7.11 Å². The van der Waals surface area contributed by atoms with Crippen LogP contribution >= 0.6 is 0 Å². The molecular weight excluding hydrogens is 374 g/mol. The average Bonchev–Trinajstić information content (AvgIpc) is 2.76. The first-order valence-corrected chi connectivity index (χ1v) is 9.12. The molecule has 0 unspecified atom stereocenters. The zero-order valence-corrected chi connectivity index (χ0v) is 16.1. The van der Waals surface area contributed by atoms with Crippen molar-refractivity contribution in [3.63, 3.8) is 0 Å². The highest BCUT2D eigenvalue weighted by Crippen LogP contribution is 2.31. The van der Waals surface area contributed by atoms with E-state index in [1.54, 1.807) is 18.2 Å². The Balaban J connectivity index is 1.62. The van der Waals surface area contributed by atoms with Crippen LogP contribution in [0.2, 0.25) is 0 Å². The molecule has 0 atom stereocenters. The van der Waals surface area contributed by atoms with Crippen molar-refractivity contribution < 1.29 is 28.5 Å². The molecule has 7 nitrogen and oxygen atoms in total. The lowest BCUT2D eigenvalue weighted by atomic mass is 10.0. The number of fused-ring (bicyclic) bond motifs is 2. The second-order valence-electron chi connectivity index (χ2n) is 6.50. The van der Waals surface area contributed by atoms with Crippen molar-refractivity contribution in [1.29, 1.82) is 0 Å². The van der Waals surface area contributed by atoms with Crippen LogP contribution in [0.15, 0.2) is 42.5 Å². The number of pyridine rings is 1. The number of nitrogens with zero attached hydrogens (tertiary/aromatic N) is 1. The van der Waals surface area contributed by atoms with Crippen molar-refractivity contribution in [3.8, 4) is 11.5 Å². The third kappa shape index (κ3) is 3.59. The van der Waals surface area contributed by atoms with E-state index in [1.807, 2.05) is 31.2 Å². The highest BCUT2D eigenvalue weighted by molar-refractivity contribution is 5.98. The van der Waals surface area contributed by atoms with Crippen LogP contribution in [0, 0.1) is 6.92 Å². The van der Waals surface area contributed by atoms with Gasteiger partial charge in [-0.3, -0.25) is 0 Å². The molecule has 1 aliphatic rings. The number of rotatable bonds is 4. The van der Waals surface area contributed by atoms with Crippen LogP contribution in [0.25, 0.3) is 10.9 Å². The van der Waals surface area contributed by atoms with Gasteiger partial charge in [0.1, 0.15) is 19.8 Å². The molecule has 0 aliphatic carbocycles. The van der Waals surface area contributed by atoms with Crippen molar-refractivity contribution in [2.75, 3.05) is 20.3 Å². The summed E-state index contributed by atoms with van der Waals surface area (Å²) in [5, 5.41) is 0.842. The predicted molar refractivity (Wildman–Crippen MR) is 104 cm³/mol. The summed E-state index contributed by atoms with van der Waals surface area (Å²) in [5.41, 5.74) is 2.42. The minimum Gasteiger partial charge on any atom is -0.486 e. The standard InChI is InChI=1S/C22H19NO6/c1-13-15-5-3-4-6-16(15)23-17(20(13)22(25)26-2)12-29-21(24)14-7-8-18-19(11-14)28-10-9-27-18/h3-8,11H,9-10,12H2,1-2H3. The Morgan fingerprint density at radius 3 is 2.59 bits per heavy atom. The average molecular weight is 393 g/mol. The smallest absolute Gasteiger partial charge is 0.340 e. The number of aromatic nitrogens is 1. The normalized spacial score (nSPS) is 12.5. The molecule has 0 amide bonds. The molecule has 1 aromatic heterocycles. The third-order valence-electron chi connectivity index (χ3n) is 4.73. The van der Waals surface area contributed by atoms with Gasteiger partial charge in [0.25, 0.3) is 0 Å². The monoisotopic (exact) mass is 393 g/mol. The van der Waals surface area contributed by atoms with Crippen molar-refractivity contribution >= 4 is 22.8 Å². The second-order valence-corrected chi connectivity index (χ2v) is 6.50. The minimum atomic E-state index is -0.551. The van der Waals surface area contributed by atoms with Crippen LogP contribution in [0.5, 0.6) is 11.5 Å². The van der Waals surface area contributed by atoms with Gasteiger partial charge in [-0.15, -0.1) is 0 Å². The summed E-state index contributed by atoms with van der Waals surface area (Å²) in [6, 6.07) is 12.3. The molecule has 29 heavy (non-hydrogen) atoms. The van der Waals surface area contributed by atoms with Gasteiger partial charge < -0.3 is 18.9 Å². The van der Waals surface area contributed by atoms with Gasteiger partial charge >= 0.3 is 11.9 Å². The van der Waals surface area contributed by atoms with Gasteiger partial charge in [0.15, 0.2) is 11.5 Å². The van der Waals surface area contributed by atoms with Gasteiger partial charge in [-0.1, -0.05) is 18.2 Å². The van der Waals surface area contributed by atoms with Crippen molar-refractivity contribution in [2.45, 2.75) is 13.5 Å². The Morgan fingerprint density at radius 2 is 1.79 bits per heavy atom. The van der Waals surface area contributed by atoms with E-state index in [0.717, 1.165) is 10.9 Å². The summed E-state index contributed by atoms with van der Waals surface area (Å²) in [6.45, 7) is 2.56. The van der Waals surface area contributed by atoms with Gasteiger partial charge in [-0.25, -0.2) is 14.6 Å². The molecule has 7 heteroatoms. The fourth-order valence-corrected chi connectivity index (χ4v) is 3.31. The number of ether oxygens (including phenoxy) is 4.